The molecule has 4 nitrogen and oxygen atoms in total. The predicted molar refractivity (Wildman–Crippen MR) is 86.6 cm³/mol. The summed E-state index contributed by atoms with van der Waals surface area (Å²) in [6.07, 6.45) is 3.04. The molecule has 1 aliphatic rings. The van der Waals surface area contributed by atoms with Gasteiger partial charge in [0.15, 0.2) is 0 Å². The van der Waals surface area contributed by atoms with E-state index in [1.54, 1.807) is 0 Å². The number of carbonyl (C=O) groups is 1. The van der Waals surface area contributed by atoms with Crippen LogP contribution in [0.3, 0.4) is 0 Å². The van der Waals surface area contributed by atoms with Gasteiger partial charge in [0.05, 0.1) is 6.10 Å². The predicted octanol–water partition coefficient (Wildman–Crippen LogP) is 2.73. The lowest BCUT2D eigenvalue weighted by Gasteiger charge is -2.26. The first kappa shape index (κ1) is 14.9. The number of nitrogens with zero attached hydrogens (tertiary/aromatic N) is 1. The van der Waals surface area contributed by atoms with E-state index < -0.39 is 0 Å². The van der Waals surface area contributed by atoms with Gasteiger partial charge < -0.3 is 15.0 Å². The number of rotatable bonds is 3. The summed E-state index contributed by atoms with van der Waals surface area (Å²) in [4.78, 5) is 12.5. The molecule has 1 saturated carbocycles. The lowest BCUT2D eigenvalue weighted by molar-refractivity contribution is 0.0860. The van der Waals surface area contributed by atoms with E-state index in [4.69, 9.17) is 0 Å². The molecule has 3 rings (SSSR count). The number of hydrogen-bond acceptors (Lipinski definition) is 2. The van der Waals surface area contributed by atoms with E-state index in [0.29, 0.717) is 5.69 Å². The van der Waals surface area contributed by atoms with Crippen molar-refractivity contribution in [2.45, 2.75) is 37.8 Å². The zero-order valence-electron chi connectivity index (χ0n) is 12.8. The van der Waals surface area contributed by atoms with Crippen molar-refractivity contribution in [1.29, 1.82) is 0 Å². The average Bonchev–Trinajstić information content (AvgIpc) is 2.92. The van der Waals surface area contributed by atoms with Gasteiger partial charge in [-0.25, -0.2) is 0 Å². The number of aromatic nitrogens is 1. The Hall–Kier alpha value is -2.07. The van der Waals surface area contributed by atoms with Crippen molar-refractivity contribution in [2.75, 3.05) is 0 Å². The minimum atomic E-state index is -0.201. The highest BCUT2D eigenvalue weighted by atomic mass is 16.3. The molecule has 22 heavy (non-hydrogen) atoms. The van der Waals surface area contributed by atoms with Gasteiger partial charge in [0.25, 0.3) is 5.91 Å². The summed E-state index contributed by atoms with van der Waals surface area (Å²) in [5.41, 5.74) is 2.81. The van der Waals surface area contributed by atoms with Crippen LogP contribution in [0, 0.1) is 0 Å². The van der Waals surface area contributed by atoms with Gasteiger partial charge in [0.2, 0.25) is 0 Å². The summed E-state index contributed by atoms with van der Waals surface area (Å²) >= 11 is 0. The quantitative estimate of drug-likeness (QED) is 0.915. The van der Waals surface area contributed by atoms with E-state index in [-0.39, 0.29) is 18.1 Å². The molecule has 0 spiro atoms. The van der Waals surface area contributed by atoms with Gasteiger partial charge in [-0.1, -0.05) is 30.3 Å². The normalized spacial score (nSPS) is 21.5. The van der Waals surface area contributed by atoms with Crippen LogP contribution >= 0.6 is 0 Å². The van der Waals surface area contributed by atoms with Crippen molar-refractivity contribution < 1.29 is 9.90 Å². The number of amides is 1. The molecule has 4 heteroatoms. The Morgan fingerprint density at radius 1 is 1.09 bits per heavy atom. The molecule has 2 aromatic rings. The van der Waals surface area contributed by atoms with Crippen molar-refractivity contribution >= 4 is 5.91 Å². The molecule has 0 saturated heterocycles. The Bertz CT molecular complexity index is 640. The van der Waals surface area contributed by atoms with E-state index >= 15 is 0 Å². The van der Waals surface area contributed by atoms with Gasteiger partial charge in [-0.3, -0.25) is 4.79 Å². The average molecular weight is 298 g/mol. The highest BCUT2D eigenvalue weighted by Crippen LogP contribution is 2.22. The second-order valence-corrected chi connectivity index (χ2v) is 6.01. The van der Waals surface area contributed by atoms with Crippen LogP contribution < -0.4 is 5.32 Å². The highest BCUT2D eigenvalue weighted by Gasteiger charge is 2.22. The highest BCUT2D eigenvalue weighted by molar-refractivity contribution is 5.94. The topological polar surface area (TPSA) is 54.3 Å². The van der Waals surface area contributed by atoms with Crippen LogP contribution in [0.25, 0.3) is 11.3 Å². The standard InChI is InChI=1S/C18H22N2O2/c1-20-16(13-5-3-2-4-6-13)11-12-17(20)18(22)19-14-7-9-15(21)10-8-14/h2-6,11-12,14-15,21H,7-10H2,1H3,(H,19,22). The van der Waals surface area contributed by atoms with Gasteiger partial charge in [0.1, 0.15) is 5.69 Å². The fraction of sp³-hybridized carbons (Fsp3) is 0.389. The largest absolute Gasteiger partial charge is 0.393 e. The summed E-state index contributed by atoms with van der Waals surface area (Å²) in [5, 5.41) is 12.6. The van der Waals surface area contributed by atoms with Crippen LogP contribution in [0.5, 0.6) is 0 Å². The maximum Gasteiger partial charge on any atom is 0.268 e. The van der Waals surface area contributed by atoms with Gasteiger partial charge in [-0.15, -0.1) is 0 Å². The van der Waals surface area contributed by atoms with Gasteiger partial charge in [-0.05, 0) is 43.4 Å². The first-order valence-electron chi connectivity index (χ1n) is 7.85. The third kappa shape index (κ3) is 3.07. The zero-order chi connectivity index (χ0) is 15.5. The number of aliphatic hydroxyl groups is 1. The smallest absolute Gasteiger partial charge is 0.268 e. The summed E-state index contributed by atoms with van der Waals surface area (Å²) in [6.45, 7) is 0. The molecular formula is C18H22N2O2. The maximum atomic E-state index is 12.5. The molecule has 1 aromatic heterocycles. The van der Waals surface area contributed by atoms with Crippen molar-refractivity contribution in [2.24, 2.45) is 7.05 Å². The fourth-order valence-electron chi connectivity index (χ4n) is 3.12. The molecule has 0 unspecified atom stereocenters. The monoisotopic (exact) mass is 298 g/mol. The molecular weight excluding hydrogens is 276 g/mol. The summed E-state index contributed by atoms with van der Waals surface area (Å²) in [6, 6.07) is 14.1. The zero-order valence-corrected chi connectivity index (χ0v) is 12.8. The fourth-order valence-corrected chi connectivity index (χ4v) is 3.12. The lowest BCUT2D eigenvalue weighted by atomic mass is 9.93. The summed E-state index contributed by atoms with van der Waals surface area (Å²) < 4.78 is 1.93. The van der Waals surface area contributed by atoms with E-state index in [0.717, 1.165) is 36.9 Å². The molecule has 1 aromatic carbocycles. The van der Waals surface area contributed by atoms with E-state index in [9.17, 15) is 9.90 Å². The third-order valence-corrected chi connectivity index (χ3v) is 4.46. The Labute approximate surface area is 130 Å². The third-order valence-electron chi connectivity index (χ3n) is 4.46. The second-order valence-electron chi connectivity index (χ2n) is 6.01. The molecule has 1 amide bonds. The summed E-state index contributed by atoms with van der Waals surface area (Å²) in [7, 11) is 1.92. The van der Waals surface area contributed by atoms with Crippen LogP contribution in [0.4, 0.5) is 0 Å². The van der Waals surface area contributed by atoms with Crippen molar-refractivity contribution in [3.8, 4) is 11.3 Å². The van der Waals surface area contributed by atoms with Crippen molar-refractivity contribution in [3.63, 3.8) is 0 Å². The van der Waals surface area contributed by atoms with Crippen LogP contribution in [-0.4, -0.2) is 27.7 Å². The van der Waals surface area contributed by atoms with Crippen LogP contribution in [-0.2, 0) is 7.05 Å². The van der Waals surface area contributed by atoms with Crippen molar-refractivity contribution in [1.82, 2.24) is 9.88 Å². The van der Waals surface area contributed by atoms with Gasteiger partial charge in [-0.2, -0.15) is 0 Å². The molecule has 0 bridgehead atoms. The second kappa shape index (κ2) is 6.36. The minimum absolute atomic E-state index is 0.0360. The van der Waals surface area contributed by atoms with Crippen LogP contribution in [0.1, 0.15) is 36.2 Å². The number of hydrogen-bond donors (Lipinski definition) is 2. The Morgan fingerprint density at radius 3 is 2.45 bits per heavy atom. The Balaban J connectivity index is 1.73. The van der Waals surface area contributed by atoms with Crippen LogP contribution in [0.15, 0.2) is 42.5 Å². The molecule has 0 atom stereocenters. The van der Waals surface area contributed by atoms with Gasteiger partial charge in [0, 0.05) is 18.8 Å². The molecule has 1 aliphatic carbocycles. The molecule has 1 fully saturated rings. The Morgan fingerprint density at radius 2 is 1.77 bits per heavy atom. The molecule has 2 N–H and O–H groups in total. The first-order valence-corrected chi connectivity index (χ1v) is 7.85. The molecule has 116 valence electrons. The van der Waals surface area contributed by atoms with E-state index in [2.05, 4.69) is 5.32 Å². The molecule has 0 radical (unpaired) electrons. The lowest BCUT2D eigenvalue weighted by Crippen LogP contribution is -2.39. The van der Waals surface area contributed by atoms with E-state index in [1.807, 2.05) is 54.1 Å². The Kier molecular flexibility index (Phi) is 4.29. The summed E-state index contributed by atoms with van der Waals surface area (Å²) in [5.74, 6) is -0.0360. The number of aliphatic hydroxyl groups excluding tert-OH is 1. The number of carbonyl (C=O) groups excluding carboxylic acids is 1. The first-order chi connectivity index (χ1) is 10.6. The minimum Gasteiger partial charge on any atom is -0.393 e. The maximum absolute atomic E-state index is 12.5. The molecule has 0 aliphatic heterocycles. The molecule has 1 heterocycles. The van der Waals surface area contributed by atoms with Gasteiger partial charge >= 0.3 is 0 Å². The number of nitrogens with one attached hydrogen (secondary N) is 1. The van der Waals surface area contributed by atoms with E-state index in [1.165, 1.54) is 0 Å². The van der Waals surface area contributed by atoms with Crippen LogP contribution in [0.2, 0.25) is 0 Å². The number of benzene rings is 1. The SMILES string of the molecule is Cn1c(C(=O)NC2CCC(O)CC2)ccc1-c1ccccc1. The van der Waals surface area contributed by atoms with Crippen molar-refractivity contribution in [3.05, 3.63) is 48.2 Å².